The van der Waals surface area contributed by atoms with Gasteiger partial charge >= 0.3 is 6.61 Å². The topological polar surface area (TPSA) is 66.9 Å². The summed E-state index contributed by atoms with van der Waals surface area (Å²) in [4.78, 5) is 14.5. The summed E-state index contributed by atoms with van der Waals surface area (Å²) in [5, 5.41) is 0. The molecule has 180 valence electrons. The van der Waals surface area contributed by atoms with Crippen LogP contribution in [-0.2, 0) is 16.6 Å². The third-order valence-corrected chi connectivity index (χ3v) is 7.29. The van der Waals surface area contributed by atoms with E-state index in [4.69, 9.17) is 0 Å². The third kappa shape index (κ3) is 5.72. The first kappa shape index (κ1) is 25.2. The van der Waals surface area contributed by atoms with Crippen LogP contribution in [0.3, 0.4) is 0 Å². The normalized spacial score (nSPS) is 11.4. The van der Waals surface area contributed by atoms with Crippen LogP contribution in [0, 0.1) is 6.92 Å². The number of benzene rings is 3. The van der Waals surface area contributed by atoms with Crippen LogP contribution in [0.1, 0.15) is 28.4 Å². The van der Waals surface area contributed by atoms with E-state index in [0.717, 1.165) is 0 Å². The largest absolute Gasteiger partial charge is 0.435 e. The number of alkyl halides is 2. The minimum absolute atomic E-state index is 0.0278. The molecule has 3 aromatic carbocycles. The summed E-state index contributed by atoms with van der Waals surface area (Å²) >= 11 is 0. The lowest BCUT2D eigenvalue weighted by Crippen LogP contribution is -2.32. The van der Waals surface area contributed by atoms with Crippen molar-refractivity contribution in [3.05, 3.63) is 89.5 Å². The number of sulfonamides is 1. The van der Waals surface area contributed by atoms with Gasteiger partial charge in [-0.2, -0.15) is 8.78 Å². The lowest BCUT2D eigenvalue weighted by Gasteiger charge is -2.24. The van der Waals surface area contributed by atoms with Crippen LogP contribution in [0.2, 0.25) is 0 Å². The van der Waals surface area contributed by atoms with Crippen molar-refractivity contribution in [2.24, 2.45) is 0 Å². The van der Waals surface area contributed by atoms with Gasteiger partial charge in [0.25, 0.3) is 15.9 Å². The van der Waals surface area contributed by atoms with Gasteiger partial charge in [-0.25, -0.2) is 8.42 Å². The Balaban J connectivity index is 1.84. The van der Waals surface area contributed by atoms with Gasteiger partial charge in [0, 0.05) is 25.7 Å². The molecule has 0 radical (unpaired) electrons. The van der Waals surface area contributed by atoms with Gasteiger partial charge in [-0.1, -0.05) is 36.4 Å². The number of nitrogens with zero attached hydrogens (tertiary/aromatic N) is 2. The molecule has 0 bridgehead atoms. The molecule has 0 aliphatic carbocycles. The molecule has 0 unspecified atom stereocenters. The van der Waals surface area contributed by atoms with E-state index in [1.807, 2.05) is 6.07 Å². The molecule has 3 rings (SSSR count). The van der Waals surface area contributed by atoms with E-state index in [2.05, 4.69) is 4.74 Å². The molecule has 0 heterocycles. The zero-order valence-corrected chi connectivity index (χ0v) is 19.9. The van der Waals surface area contributed by atoms with Crippen molar-refractivity contribution in [2.75, 3.05) is 17.9 Å². The summed E-state index contributed by atoms with van der Waals surface area (Å²) in [7, 11) is -2.32. The molecule has 0 aromatic heterocycles. The summed E-state index contributed by atoms with van der Waals surface area (Å²) in [6, 6.07) is 19.4. The summed E-state index contributed by atoms with van der Waals surface area (Å²) in [6.45, 7) is 0.962. The van der Waals surface area contributed by atoms with Crippen molar-refractivity contribution < 1.29 is 26.7 Å². The van der Waals surface area contributed by atoms with Gasteiger partial charge in [-0.15, -0.1) is 0 Å². The molecule has 34 heavy (non-hydrogen) atoms. The second kappa shape index (κ2) is 10.6. The van der Waals surface area contributed by atoms with Crippen LogP contribution >= 0.6 is 0 Å². The maximum absolute atomic E-state index is 13.5. The van der Waals surface area contributed by atoms with Crippen molar-refractivity contribution >= 4 is 21.6 Å². The van der Waals surface area contributed by atoms with Crippen LogP contribution < -0.4 is 9.04 Å². The number of amides is 1. The zero-order valence-electron chi connectivity index (χ0n) is 19.1. The Bertz CT molecular complexity index is 1230. The van der Waals surface area contributed by atoms with E-state index in [1.165, 1.54) is 27.4 Å². The Labute approximate surface area is 198 Å². The summed E-state index contributed by atoms with van der Waals surface area (Å²) in [6.07, 6.45) is 0. The van der Waals surface area contributed by atoms with Gasteiger partial charge in [0.2, 0.25) is 0 Å². The average molecular weight is 489 g/mol. The predicted molar refractivity (Wildman–Crippen MR) is 127 cm³/mol. The van der Waals surface area contributed by atoms with Gasteiger partial charge in [0.1, 0.15) is 5.75 Å². The molecule has 0 fully saturated rings. The standard InChI is InChI=1S/C25H26F2N2O4S/c1-4-29(21-8-6-5-7-9-21)34(31,32)23-16-20(13-10-18(23)2)24(30)28(3)17-19-11-14-22(15-12-19)33-25(26)27/h5-16,25H,4,17H2,1-3H3. The monoisotopic (exact) mass is 488 g/mol. The Hall–Kier alpha value is -3.46. The molecular weight excluding hydrogens is 462 g/mol. The summed E-state index contributed by atoms with van der Waals surface area (Å²) < 4.78 is 57.2. The Morgan fingerprint density at radius 2 is 1.65 bits per heavy atom. The Morgan fingerprint density at radius 3 is 2.24 bits per heavy atom. The highest BCUT2D eigenvalue weighted by atomic mass is 32.2. The molecule has 9 heteroatoms. The van der Waals surface area contributed by atoms with Crippen LogP contribution in [0.4, 0.5) is 14.5 Å². The maximum atomic E-state index is 13.5. The second-order valence-electron chi connectivity index (χ2n) is 7.67. The average Bonchev–Trinajstić information content (AvgIpc) is 2.80. The molecule has 0 atom stereocenters. The zero-order chi connectivity index (χ0) is 24.9. The molecule has 0 aliphatic rings. The number of anilines is 1. The number of carbonyl (C=O) groups is 1. The molecule has 0 saturated heterocycles. The Morgan fingerprint density at radius 1 is 1.00 bits per heavy atom. The number of para-hydroxylation sites is 1. The molecule has 0 saturated carbocycles. The third-order valence-electron chi connectivity index (χ3n) is 5.25. The number of carbonyl (C=O) groups excluding carboxylic acids is 1. The van der Waals surface area contributed by atoms with E-state index >= 15 is 0 Å². The van der Waals surface area contributed by atoms with Gasteiger partial charge in [-0.3, -0.25) is 9.10 Å². The van der Waals surface area contributed by atoms with Gasteiger partial charge in [0.15, 0.2) is 0 Å². The van der Waals surface area contributed by atoms with Crippen molar-refractivity contribution in [3.8, 4) is 5.75 Å². The lowest BCUT2D eigenvalue weighted by atomic mass is 10.1. The first-order valence-electron chi connectivity index (χ1n) is 10.6. The number of hydrogen-bond acceptors (Lipinski definition) is 4. The first-order chi connectivity index (χ1) is 16.1. The molecular formula is C25H26F2N2O4S. The van der Waals surface area contributed by atoms with Crippen molar-refractivity contribution in [3.63, 3.8) is 0 Å². The molecule has 3 aromatic rings. The van der Waals surface area contributed by atoms with Crippen LogP contribution in [0.5, 0.6) is 5.75 Å². The SMILES string of the molecule is CCN(c1ccccc1)S(=O)(=O)c1cc(C(=O)N(C)Cc2ccc(OC(F)F)cc2)ccc1C. The number of ether oxygens (including phenoxy) is 1. The highest BCUT2D eigenvalue weighted by molar-refractivity contribution is 7.92. The molecule has 1 amide bonds. The summed E-state index contributed by atoms with van der Waals surface area (Å²) in [5.41, 5.74) is 2.01. The highest BCUT2D eigenvalue weighted by Gasteiger charge is 2.27. The minimum Gasteiger partial charge on any atom is -0.435 e. The highest BCUT2D eigenvalue weighted by Crippen LogP contribution is 2.27. The predicted octanol–water partition coefficient (Wildman–Crippen LogP) is 5.08. The van der Waals surface area contributed by atoms with Gasteiger partial charge in [-0.05, 0) is 61.4 Å². The van der Waals surface area contributed by atoms with Crippen LogP contribution in [0.15, 0.2) is 77.7 Å². The first-order valence-corrected chi connectivity index (χ1v) is 12.0. The van der Waals surface area contributed by atoms with E-state index in [0.29, 0.717) is 16.8 Å². The second-order valence-corrected chi connectivity index (χ2v) is 9.50. The fourth-order valence-electron chi connectivity index (χ4n) is 3.56. The molecule has 6 nitrogen and oxygen atoms in total. The van der Waals surface area contributed by atoms with E-state index < -0.39 is 16.6 Å². The number of halogens is 2. The molecule has 0 N–H and O–H groups in total. The fourth-order valence-corrected chi connectivity index (χ4v) is 5.29. The Kier molecular flexibility index (Phi) is 7.88. The van der Waals surface area contributed by atoms with Crippen molar-refractivity contribution in [1.82, 2.24) is 4.90 Å². The molecule has 0 aliphatic heterocycles. The van der Waals surface area contributed by atoms with Crippen molar-refractivity contribution in [1.29, 1.82) is 0 Å². The van der Waals surface area contributed by atoms with Gasteiger partial charge < -0.3 is 9.64 Å². The quantitative estimate of drug-likeness (QED) is 0.421. The van der Waals surface area contributed by atoms with Crippen LogP contribution in [-0.4, -0.2) is 39.4 Å². The van der Waals surface area contributed by atoms with E-state index in [-0.39, 0.29) is 35.2 Å². The van der Waals surface area contributed by atoms with E-state index in [9.17, 15) is 22.0 Å². The van der Waals surface area contributed by atoms with Crippen molar-refractivity contribution in [2.45, 2.75) is 31.9 Å². The number of aryl methyl sites for hydroxylation is 1. The number of rotatable bonds is 9. The lowest BCUT2D eigenvalue weighted by molar-refractivity contribution is -0.0498. The molecule has 0 spiro atoms. The summed E-state index contributed by atoms with van der Waals surface area (Å²) in [5.74, 6) is -0.341. The van der Waals surface area contributed by atoms with Crippen LogP contribution in [0.25, 0.3) is 0 Å². The minimum atomic E-state index is -3.90. The number of hydrogen-bond donors (Lipinski definition) is 0. The van der Waals surface area contributed by atoms with E-state index in [1.54, 1.807) is 69.4 Å². The smallest absolute Gasteiger partial charge is 0.387 e. The fraction of sp³-hybridized carbons (Fsp3) is 0.240. The maximum Gasteiger partial charge on any atom is 0.387 e. The van der Waals surface area contributed by atoms with Gasteiger partial charge in [0.05, 0.1) is 10.6 Å².